The Morgan fingerprint density at radius 2 is 2.14 bits per heavy atom. The summed E-state index contributed by atoms with van der Waals surface area (Å²) in [6.45, 7) is 0.377. The molecule has 4 heteroatoms. The summed E-state index contributed by atoms with van der Waals surface area (Å²) in [5.74, 6) is 0. The Morgan fingerprint density at radius 1 is 1.36 bits per heavy atom. The quantitative estimate of drug-likeness (QED) is 0.813. The van der Waals surface area contributed by atoms with Crippen molar-refractivity contribution in [1.29, 1.82) is 0 Å². The Morgan fingerprint density at radius 3 is 2.86 bits per heavy atom. The van der Waals surface area contributed by atoms with E-state index in [4.69, 9.17) is 5.73 Å². The third-order valence-corrected chi connectivity index (χ3v) is 2.60. The van der Waals surface area contributed by atoms with Gasteiger partial charge in [0.25, 0.3) is 0 Å². The van der Waals surface area contributed by atoms with E-state index >= 15 is 0 Å². The topological polar surface area (TPSA) is 58.9 Å². The molecule has 1 aromatic heterocycles. The Bertz CT molecular complexity index is 533. The highest BCUT2D eigenvalue weighted by atomic mass is 79.9. The molecule has 1 aromatic carbocycles. The van der Waals surface area contributed by atoms with Crippen molar-refractivity contribution in [1.82, 2.24) is 4.98 Å². The number of rotatable bonds is 1. The van der Waals surface area contributed by atoms with Gasteiger partial charge in [0.1, 0.15) is 0 Å². The van der Waals surface area contributed by atoms with E-state index in [0.29, 0.717) is 6.54 Å². The van der Waals surface area contributed by atoms with E-state index in [1.165, 1.54) is 6.07 Å². The zero-order valence-electron chi connectivity index (χ0n) is 7.38. The largest absolute Gasteiger partial charge is 0.326 e. The average molecular weight is 253 g/mol. The molecule has 72 valence electrons. The van der Waals surface area contributed by atoms with Crippen molar-refractivity contribution in [3.63, 3.8) is 0 Å². The van der Waals surface area contributed by atoms with Gasteiger partial charge in [-0.25, -0.2) is 0 Å². The molecule has 0 aliphatic heterocycles. The molecule has 2 rings (SSSR count). The summed E-state index contributed by atoms with van der Waals surface area (Å²) in [6, 6.07) is 7.28. The summed E-state index contributed by atoms with van der Waals surface area (Å²) in [4.78, 5) is 14.0. The molecule has 0 aliphatic carbocycles. The number of nitrogens with one attached hydrogen (secondary N) is 1. The van der Waals surface area contributed by atoms with Gasteiger partial charge in [0, 0.05) is 28.0 Å². The van der Waals surface area contributed by atoms with E-state index in [1.807, 2.05) is 18.2 Å². The highest BCUT2D eigenvalue weighted by molar-refractivity contribution is 9.10. The van der Waals surface area contributed by atoms with Crippen molar-refractivity contribution < 1.29 is 0 Å². The molecule has 3 nitrogen and oxygen atoms in total. The fraction of sp³-hybridized carbons (Fsp3) is 0.100. The van der Waals surface area contributed by atoms with Crippen LogP contribution < -0.4 is 11.3 Å². The van der Waals surface area contributed by atoms with Gasteiger partial charge in [-0.05, 0) is 17.7 Å². The number of aromatic amines is 1. The standard InChI is InChI=1S/C10H9BrN2O/c11-7-1-2-8-6(5-12)3-10(14)13-9(8)4-7/h1-4H,5,12H2,(H,13,14). The van der Waals surface area contributed by atoms with Crippen LogP contribution in [0.3, 0.4) is 0 Å². The number of H-pyrrole nitrogens is 1. The number of nitrogens with two attached hydrogens (primary N) is 1. The second kappa shape index (κ2) is 3.55. The molecule has 0 saturated heterocycles. The summed E-state index contributed by atoms with van der Waals surface area (Å²) in [6.07, 6.45) is 0. The van der Waals surface area contributed by atoms with Crippen LogP contribution in [0, 0.1) is 0 Å². The van der Waals surface area contributed by atoms with Crippen LogP contribution >= 0.6 is 15.9 Å². The summed E-state index contributed by atoms with van der Waals surface area (Å²) < 4.78 is 0.940. The smallest absolute Gasteiger partial charge is 0.248 e. The second-order valence-corrected chi connectivity index (χ2v) is 3.97. The first kappa shape index (κ1) is 9.43. The molecule has 0 radical (unpaired) electrons. The molecule has 0 amide bonds. The fourth-order valence-corrected chi connectivity index (χ4v) is 1.83. The van der Waals surface area contributed by atoms with Crippen molar-refractivity contribution in [2.75, 3.05) is 0 Å². The van der Waals surface area contributed by atoms with Crippen molar-refractivity contribution in [2.24, 2.45) is 5.73 Å². The van der Waals surface area contributed by atoms with Crippen molar-refractivity contribution in [2.45, 2.75) is 6.54 Å². The van der Waals surface area contributed by atoms with E-state index in [-0.39, 0.29) is 5.56 Å². The first-order chi connectivity index (χ1) is 6.70. The van der Waals surface area contributed by atoms with Gasteiger partial charge in [-0.15, -0.1) is 0 Å². The predicted molar refractivity (Wildman–Crippen MR) is 60.2 cm³/mol. The van der Waals surface area contributed by atoms with Gasteiger partial charge < -0.3 is 10.7 Å². The van der Waals surface area contributed by atoms with E-state index < -0.39 is 0 Å². The van der Waals surface area contributed by atoms with Crippen LogP contribution in [0.15, 0.2) is 33.5 Å². The lowest BCUT2D eigenvalue weighted by atomic mass is 10.1. The highest BCUT2D eigenvalue weighted by Crippen LogP contribution is 2.19. The van der Waals surface area contributed by atoms with Gasteiger partial charge in [-0.3, -0.25) is 4.79 Å². The van der Waals surface area contributed by atoms with Gasteiger partial charge >= 0.3 is 0 Å². The van der Waals surface area contributed by atoms with Gasteiger partial charge in [0.15, 0.2) is 0 Å². The van der Waals surface area contributed by atoms with E-state index in [1.54, 1.807) is 0 Å². The number of pyridine rings is 1. The molecular weight excluding hydrogens is 244 g/mol. The zero-order chi connectivity index (χ0) is 10.1. The highest BCUT2D eigenvalue weighted by Gasteiger charge is 2.01. The molecule has 0 spiro atoms. The molecule has 0 unspecified atom stereocenters. The van der Waals surface area contributed by atoms with Crippen molar-refractivity contribution in [3.05, 3.63) is 44.7 Å². The minimum atomic E-state index is -0.115. The first-order valence-corrected chi connectivity index (χ1v) is 5.01. The molecule has 0 aliphatic rings. The molecule has 2 aromatic rings. The Balaban J connectivity index is 2.87. The van der Waals surface area contributed by atoms with Crippen LogP contribution in [0.2, 0.25) is 0 Å². The number of hydrogen-bond donors (Lipinski definition) is 2. The number of benzene rings is 1. The molecule has 0 bridgehead atoms. The third kappa shape index (κ3) is 1.58. The number of halogens is 1. The van der Waals surface area contributed by atoms with Crippen molar-refractivity contribution in [3.8, 4) is 0 Å². The van der Waals surface area contributed by atoms with Gasteiger partial charge in [0.05, 0.1) is 0 Å². The van der Waals surface area contributed by atoms with Gasteiger partial charge in [0.2, 0.25) is 5.56 Å². The molecule has 14 heavy (non-hydrogen) atoms. The molecule has 0 saturated carbocycles. The minimum Gasteiger partial charge on any atom is -0.326 e. The first-order valence-electron chi connectivity index (χ1n) is 4.22. The van der Waals surface area contributed by atoms with Crippen LogP contribution in [-0.4, -0.2) is 4.98 Å². The summed E-state index contributed by atoms with van der Waals surface area (Å²) in [5.41, 5.74) is 7.13. The summed E-state index contributed by atoms with van der Waals surface area (Å²) >= 11 is 3.35. The van der Waals surface area contributed by atoms with E-state index in [9.17, 15) is 4.79 Å². The minimum absolute atomic E-state index is 0.115. The lowest BCUT2D eigenvalue weighted by Crippen LogP contribution is -2.09. The van der Waals surface area contributed by atoms with Crippen LogP contribution in [0.1, 0.15) is 5.56 Å². The zero-order valence-corrected chi connectivity index (χ0v) is 8.97. The summed E-state index contributed by atoms with van der Waals surface area (Å²) in [7, 11) is 0. The fourth-order valence-electron chi connectivity index (χ4n) is 1.47. The van der Waals surface area contributed by atoms with Crippen LogP contribution in [0.4, 0.5) is 0 Å². The SMILES string of the molecule is NCc1cc(=O)[nH]c2cc(Br)ccc12. The maximum atomic E-state index is 11.2. The number of fused-ring (bicyclic) bond motifs is 1. The van der Waals surface area contributed by atoms with Gasteiger partial charge in [-0.1, -0.05) is 22.0 Å². The van der Waals surface area contributed by atoms with Crippen molar-refractivity contribution >= 4 is 26.8 Å². The molecule has 3 N–H and O–H groups in total. The van der Waals surface area contributed by atoms with E-state index in [0.717, 1.165) is 20.9 Å². The Kier molecular flexibility index (Phi) is 2.39. The maximum Gasteiger partial charge on any atom is 0.248 e. The molecular formula is C10H9BrN2O. The normalized spacial score (nSPS) is 10.7. The Hall–Kier alpha value is -1.13. The van der Waals surface area contributed by atoms with Crippen LogP contribution in [0.5, 0.6) is 0 Å². The predicted octanol–water partition coefficient (Wildman–Crippen LogP) is 1.75. The number of hydrogen-bond acceptors (Lipinski definition) is 2. The number of aromatic nitrogens is 1. The van der Waals surface area contributed by atoms with Crippen LogP contribution in [-0.2, 0) is 6.54 Å². The maximum absolute atomic E-state index is 11.2. The van der Waals surface area contributed by atoms with Crippen LogP contribution in [0.25, 0.3) is 10.9 Å². The third-order valence-electron chi connectivity index (χ3n) is 2.11. The monoisotopic (exact) mass is 252 g/mol. The molecule has 0 atom stereocenters. The molecule has 1 heterocycles. The van der Waals surface area contributed by atoms with E-state index in [2.05, 4.69) is 20.9 Å². The second-order valence-electron chi connectivity index (χ2n) is 3.05. The lowest BCUT2D eigenvalue weighted by molar-refractivity contribution is 1.07. The lowest BCUT2D eigenvalue weighted by Gasteiger charge is -2.03. The van der Waals surface area contributed by atoms with Gasteiger partial charge in [-0.2, -0.15) is 0 Å². The average Bonchev–Trinajstić information content (AvgIpc) is 2.15. The summed E-state index contributed by atoms with van der Waals surface area (Å²) in [5, 5.41) is 0.996. The molecule has 0 fully saturated rings. The Labute approximate surface area is 89.1 Å².